The van der Waals surface area contributed by atoms with Crippen molar-refractivity contribution in [1.82, 2.24) is 10.2 Å². The number of anilines is 1. The number of nitrogens with one attached hydrogen (secondary N) is 1. The number of rotatable bonds is 13. The molecule has 1 atom stereocenters. The molecule has 41 heavy (non-hydrogen) atoms. The second-order valence-electron chi connectivity index (χ2n) is 9.24. The van der Waals surface area contributed by atoms with Gasteiger partial charge in [0.1, 0.15) is 18.3 Å². The van der Waals surface area contributed by atoms with Crippen molar-refractivity contribution in [3.05, 3.63) is 87.4 Å². The third kappa shape index (κ3) is 8.52. The van der Waals surface area contributed by atoms with Crippen LogP contribution in [0.4, 0.5) is 5.69 Å². The molecule has 0 fully saturated rings. The van der Waals surface area contributed by atoms with Crippen LogP contribution in [-0.2, 0) is 26.2 Å². The summed E-state index contributed by atoms with van der Waals surface area (Å²) in [7, 11) is -2.75. The van der Waals surface area contributed by atoms with Crippen LogP contribution in [0, 0.1) is 0 Å². The van der Waals surface area contributed by atoms with E-state index in [1.54, 1.807) is 25.1 Å². The molecule has 12 heteroatoms. The van der Waals surface area contributed by atoms with Gasteiger partial charge in [0.15, 0.2) is 0 Å². The molecule has 220 valence electrons. The quantitative estimate of drug-likeness (QED) is 0.225. The number of ether oxygens (including phenoxy) is 1. The van der Waals surface area contributed by atoms with Crippen LogP contribution in [-0.4, -0.2) is 51.4 Å². The largest absolute Gasteiger partial charge is 0.497 e. The van der Waals surface area contributed by atoms with Gasteiger partial charge in [-0.1, -0.05) is 54.2 Å². The maximum Gasteiger partial charge on any atom is 0.264 e. The second kappa shape index (κ2) is 14.8. The smallest absolute Gasteiger partial charge is 0.264 e. The van der Waals surface area contributed by atoms with Gasteiger partial charge in [0, 0.05) is 28.2 Å². The van der Waals surface area contributed by atoms with Crippen molar-refractivity contribution in [2.45, 2.75) is 44.2 Å². The molecule has 0 saturated heterocycles. The minimum absolute atomic E-state index is 0.0429. The van der Waals surface area contributed by atoms with Gasteiger partial charge >= 0.3 is 0 Å². The van der Waals surface area contributed by atoms with E-state index in [-0.39, 0.29) is 23.0 Å². The fraction of sp³-hybridized carbons (Fsp3) is 0.310. The van der Waals surface area contributed by atoms with Crippen LogP contribution in [0.1, 0.15) is 32.3 Å². The van der Waals surface area contributed by atoms with E-state index >= 15 is 0 Å². The van der Waals surface area contributed by atoms with E-state index in [0.29, 0.717) is 32.9 Å². The maximum absolute atomic E-state index is 14.0. The molecule has 0 spiro atoms. The minimum Gasteiger partial charge on any atom is -0.497 e. The Labute approximate surface area is 256 Å². The monoisotopic (exact) mass is 639 g/mol. The van der Waals surface area contributed by atoms with Gasteiger partial charge in [0.25, 0.3) is 10.0 Å². The minimum atomic E-state index is -4.23. The molecule has 1 unspecified atom stereocenters. The third-order valence-electron chi connectivity index (χ3n) is 6.39. The van der Waals surface area contributed by atoms with E-state index in [9.17, 15) is 18.0 Å². The summed E-state index contributed by atoms with van der Waals surface area (Å²) in [5.74, 6) is -0.499. The molecule has 0 radical (unpaired) electrons. The number of unbranched alkanes of at least 4 members (excludes halogenated alkanes) is 1. The molecule has 0 saturated carbocycles. The highest BCUT2D eigenvalue weighted by atomic mass is 35.5. The Morgan fingerprint density at radius 2 is 1.59 bits per heavy atom. The van der Waals surface area contributed by atoms with Crippen LogP contribution in [0.15, 0.2) is 71.6 Å². The van der Waals surface area contributed by atoms with Gasteiger partial charge in [-0.25, -0.2) is 8.42 Å². The molecule has 3 rings (SSSR count). The van der Waals surface area contributed by atoms with E-state index in [4.69, 9.17) is 39.5 Å². The molecule has 0 aliphatic carbocycles. The number of hydrogen-bond acceptors (Lipinski definition) is 5. The number of methoxy groups -OCH3 is 1. The lowest BCUT2D eigenvalue weighted by Gasteiger charge is -2.32. The molecule has 0 bridgehead atoms. The highest BCUT2D eigenvalue weighted by Gasteiger charge is 2.32. The van der Waals surface area contributed by atoms with Crippen LogP contribution < -0.4 is 14.4 Å². The van der Waals surface area contributed by atoms with E-state index in [1.807, 2.05) is 6.92 Å². The summed E-state index contributed by atoms with van der Waals surface area (Å²) >= 11 is 18.5. The molecule has 8 nitrogen and oxygen atoms in total. The average Bonchev–Trinajstić information content (AvgIpc) is 2.95. The topological polar surface area (TPSA) is 96.0 Å². The predicted molar refractivity (Wildman–Crippen MR) is 163 cm³/mol. The Kier molecular flexibility index (Phi) is 11.7. The van der Waals surface area contributed by atoms with Gasteiger partial charge in [-0.15, -0.1) is 0 Å². The summed E-state index contributed by atoms with van der Waals surface area (Å²) in [6, 6.07) is 15.8. The lowest BCUT2D eigenvalue weighted by Crippen LogP contribution is -2.51. The van der Waals surface area contributed by atoms with E-state index in [1.165, 1.54) is 60.5 Å². The Morgan fingerprint density at radius 1 is 0.951 bits per heavy atom. The molecule has 3 aromatic carbocycles. The number of sulfonamides is 1. The number of carbonyl (C=O) groups is 2. The highest BCUT2D eigenvalue weighted by molar-refractivity contribution is 7.92. The average molecular weight is 641 g/mol. The number of hydrogen-bond donors (Lipinski definition) is 1. The number of carbonyl (C=O) groups excluding carboxylic acids is 2. The van der Waals surface area contributed by atoms with Crippen LogP contribution in [0.5, 0.6) is 5.75 Å². The number of halogens is 3. The lowest BCUT2D eigenvalue weighted by atomic mass is 10.1. The predicted octanol–water partition coefficient (Wildman–Crippen LogP) is 6.18. The summed E-state index contributed by atoms with van der Waals surface area (Å²) < 4.78 is 33.9. The zero-order valence-corrected chi connectivity index (χ0v) is 26.0. The lowest BCUT2D eigenvalue weighted by molar-refractivity contribution is -0.139. The molecule has 3 aromatic rings. The molecule has 0 heterocycles. The molecule has 0 aliphatic rings. The first-order chi connectivity index (χ1) is 19.5. The van der Waals surface area contributed by atoms with Crippen molar-refractivity contribution in [2.24, 2.45) is 0 Å². The molecule has 1 N–H and O–H groups in total. The Hall–Kier alpha value is -2.98. The molecule has 2 amide bonds. The summed E-state index contributed by atoms with van der Waals surface area (Å²) in [6.45, 7) is 3.41. The molecule has 0 aromatic heterocycles. The van der Waals surface area contributed by atoms with Gasteiger partial charge in [-0.3, -0.25) is 13.9 Å². The zero-order chi connectivity index (χ0) is 30.2. The van der Waals surface area contributed by atoms with E-state index < -0.39 is 28.5 Å². The van der Waals surface area contributed by atoms with E-state index in [2.05, 4.69) is 5.32 Å². The summed E-state index contributed by atoms with van der Waals surface area (Å²) in [6.07, 6.45) is 1.66. The zero-order valence-electron chi connectivity index (χ0n) is 22.9. The van der Waals surface area contributed by atoms with Crippen LogP contribution in [0.2, 0.25) is 15.1 Å². The van der Waals surface area contributed by atoms with Crippen LogP contribution in [0.3, 0.4) is 0 Å². The molecular formula is C29H32Cl3N3O5S. The highest BCUT2D eigenvalue weighted by Crippen LogP contribution is 2.28. The number of amides is 2. The Bertz CT molecular complexity index is 1450. The van der Waals surface area contributed by atoms with Crippen LogP contribution >= 0.6 is 34.8 Å². The molecule has 0 aliphatic heterocycles. The van der Waals surface area contributed by atoms with Crippen molar-refractivity contribution in [3.8, 4) is 5.75 Å². The van der Waals surface area contributed by atoms with Crippen molar-refractivity contribution in [2.75, 3.05) is 24.5 Å². The van der Waals surface area contributed by atoms with E-state index in [0.717, 1.165) is 17.1 Å². The first-order valence-electron chi connectivity index (χ1n) is 12.9. The Balaban J connectivity index is 2.02. The number of benzene rings is 3. The normalized spacial score (nSPS) is 12.0. The SMILES string of the molecule is CCCCNC(=O)C(C)N(Cc1ccc(Cl)cc1Cl)C(=O)CN(c1ccc(Cl)cc1)S(=O)(=O)c1ccc(OC)cc1. The fourth-order valence-corrected chi connectivity index (χ4v) is 5.97. The third-order valence-corrected chi connectivity index (χ3v) is 9.02. The molecular weight excluding hydrogens is 609 g/mol. The van der Waals surface area contributed by atoms with Crippen LogP contribution in [0.25, 0.3) is 0 Å². The van der Waals surface area contributed by atoms with Gasteiger partial charge in [-0.2, -0.15) is 0 Å². The maximum atomic E-state index is 14.0. The second-order valence-corrected chi connectivity index (χ2v) is 12.4. The first kappa shape index (κ1) is 32.5. The van der Waals surface area contributed by atoms with Crippen molar-refractivity contribution in [1.29, 1.82) is 0 Å². The summed E-state index contributed by atoms with van der Waals surface area (Å²) in [4.78, 5) is 28.3. The van der Waals surface area contributed by atoms with Gasteiger partial charge in [0.05, 0.1) is 17.7 Å². The Morgan fingerprint density at radius 3 is 2.17 bits per heavy atom. The standard InChI is InChI=1S/C29H32Cl3N3O5S/c1-4-5-16-33-29(37)20(2)34(18-21-6-7-23(31)17-27(21)32)28(36)19-35(24-10-8-22(30)9-11-24)41(38,39)26-14-12-25(40-3)13-15-26/h6-15,17,20H,4-5,16,18-19H2,1-3H3,(H,33,37). The fourth-order valence-electron chi connectivity index (χ4n) is 3.96. The van der Waals surface area contributed by atoms with Crippen molar-refractivity contribution < 1.29 is 22.7 Å². The van der Waals surface area contributed by atoms with Gasteiger partial charge < -0.3 is 15.0 Å². The summed E-state index contributed by atoms with van der Waals surface area (Å²) in [5, 5.41) is 3.97. The van der Waals surface area contributed by atoms with Crippen molar-refractivity contribution in [3.63, 3.8) is 0 Å². The van der Waals surface area contributed by atoms with Crippen molar-refractivity contribution >= 4 is 62.3 Å². The number of nitrogens with zero attached hydrogens (tertiary/aromatic N) is 2. The summed E-state index contributed by atoms with van der Waals surface area (Å²) in [5.41, 5.74) is 0.775. The van der Waals surface area contributed by atoms with Gasteiger partial charge in [-0.05, 0) is 79.6 Å². The first-order valence-corrected chi connectivity index (χ1v) is 15.5. The van der Waals surface area contributed by atoms with Gasteiger partial charge in [0.2, 0.25) is 11.8 Å².